The third kappa shape index (κ3) is 5.05. The van der Waals surface area contributed by atoms with Crippen LogP contribution in [0.4, 0.5) is 5.82 Å². The molecule has 0 bridgehead atoms. The molecule has 2 aromatic rings. The molecule has 1 N–H and O–H groups in total. The minimum atomic E-state index is -3.34. The molecular formula is C20H21BrN2O3S. The monoisotopic (exact) mass is 448 g/mol. The summed E-state index contributed by atoms with van der Waals surface area (Å²) in [6.07, 6.45) is 9.22. The third-order valence-electron chi connectivity index (χ3n) is 4.60. The number of hydrogen-bond donors (Lipinski definition) is 1. The summed E-state index contributed by atoms with van der Waals surface area (Å²) >= 11 is 3.33. The van der Waals surface area contributed by atoms with Crippen LogP contribution in [0.5, 0.6) is 0 Å². The molecule has 142 valence electrons. The van der Waals surface area contributed by atoms with E-state index >= 15 is 0 Å². The fourth-order valence-electron chi connectivity index (χ4n) is 3.25. The number of aromatic nitrogens is 1. The molecule has 5 nitrogen and oxygen atoms in total. The van der Waals surface area contributed by atoms with Crippen molar-refractivity contribution in [3.63, 3.8) is 0 Å². The lowest BCUT2D eigenvalue weighted by Gasteiger charge is -2.13. The van der Waals surface area contributed by atoms with Gasteiger partial charge in [0, 0.05) is 22.5 Å². The normalized spacial score (nSPS) is 15.7. The Morgan fingerprint density at radius 1 is 1.22 bits per heavy atom. The van der Waals surface area contributed by atoms with Crippen LogP contribution in [-0.4, -0.2) is 25.6 Å². The summed E-state index contributed by atoms with van der Waals surface area (Å²) in [5.41, 5.74) is 1.21. The zero-order chi connectivity index (χ0) is 19.4. The van der Waals surface area contributed by atoms with Crippen LogP contribution in [0.25, 0.3) is 5.57 Å². The van der Waals surface area contributed by atoms with Gasteiger partial charge in [-0.05, 0) is 64.5 Å². The molecule has 1 aromatic carbocycles. The Labute approximate surface area is 168 Å². The maximum absolute atomic E-state index is 12.9. The first-order chi connectivity index (χ1) is 12.8. The molecule has 1 fully saturated rings. The number of hydrogen-bond acceptors (Lipinski definition) is 4. The van der Waals surface area contributed by atoms with Crippen molar-refractivity contribution in [2.24, 2.45) is 5.92 Å². The molecule has 1 heterocycles. The molecular weight excluding hydrogens is 428 g/mol. The Balaban J connectivity index is 1.97. The van der Waals surface area contributed by atoms with Crippen molar-refractivity contribution in [3.05, 3.63) is 58.7 Å². The zero-order valence-electron chi connectivity index (χ0n) is 15.0. The van der Waals surface area contributed by atoms with E-state index in [0.29, 0.717) is 27.3 Å². The fourth-order valence-corrected chi connectivity index (χ4v) is 5.24. The predicted octanol–water partition coefficient (Wildman–Crippen LogP) is 4.46. The van der Waals surface area contributed by atoms with Gasteiger partial charge in [0.05, 0.1) is 4.90 Å². The topological polar surface area (TPSA) is 76.1 Å². The van der Waals surface area contributed by atoms with Gasteiger partial charge in [-0.25, -0.2) is 13.4 Å². The minimum Gasteiger partial charge on any atom is -0.307 e. The maximum Gasteiger partial charge on any atom is 0.257 e. The van der Waals surface area contributed by atoms with Gasteiger partial charge in [-0.1, -0.05) is 31.1 Å². The van der Waals surface area contributed by atoms with Gasteiger partial charge in [0.2, 0.25) is 0 Å². The standard InChI is InChI=1S/C20H21BrN2O3S/c1-27(25,26)18-10-9-15(13-17(18)21)16(12-14-6-2-3-7-14)20(24)23-19-8-4-5-11-22-19/h4-5,8-14H,2-3,6-7H2,1H3,(H,22,23,24)/b16-12-. The number of anilines is 1. The summed E-state index contributed by atoms with van der Waals surface area (Å²) in [5, 5.41) is 2.83. The molecule has 0 aliphatic heterocycles. The maximum atomic E-state index is 12.9. The van der Waals surface area contributed by atoms with E-state index in [0.717, 1.165) is 31.9 Å². The molecule has 1 saturated carbocycles. The number of nitrogens with one attached hydrogen (secondary N) is 1. The second kappa shape index (κ2) is 8.35. The highest BCUT2D eigenvalue weighted by molar-refractivity contribution is 9.10. The van der Waals surface area contributed by atoms with Crippen LogP contribution < -0.4 is 5.32 Å². The summed E-state index contributed by atoms with van der Waals surface area (Å²) in [6.45, 7) is 0. The van der Waals surface area contributed by atoms with E-state index in [1.807, 2.05) is 6.08 Å². The van der Waals surface area contributed by atoms with Crippen molar-refractivity contribution in [2.45, 2.75) is 30.6 Å². The first kappa shape index (κ1) is 19.8. The molecule has 1 aliphatic rings. The lowest BCUT2D eigenvalue weighted by Crippen LogP contribution is -2.15. The number of pyridine rings is 1. The highest BCUT2D eigenvalue weighted by atomic mass is 79.9. The quantitative estimate of drug-likeness (QED) is 0.684. The Morgan fingerprint density at radius 2 is 1.96 bits per heavy atom. The van der Waals surface area contributed by atoms with Gasteiger partial charge >= 0.3 is 0 Å². The van der Waals surface area contributed by atoms with E-state index in [1.165, 1.54) is 6.07 Å². The molecule has 1 aromatic heterocycles. The number of nitrogens with zero attached hydrogens (tertiary/aromatic N) is 1. The molecule has 0 unspecified atom stereocenters. The smallest absolute Gasteiger partial charge is 0.257 e. The SMILES string of the molecule is CS(=O)(=O)c1ccc(/C(=C/C2CCCC2)C(=O)Nc2ccccn2)cc1Br. The van der Waals surface area contributed by atoms with Crippen LogP contribution in [0.1, 0.15) is 31.2 Å². The molecule has 1 amide bonds. The first-order valence-electron chi connectivity index (χ1n) is 8.79. The van der Waals surface area contributed by atoms with Crippen molar-refractivity contribution in [3.8, 4) is 0 Å². The first-order valence-corrected chi connectivity index (χ1v) is 11.5. The summed E-state index contributed by atoms with van der Waals surface area (Å²) in [5.74, 6) is 0.578. The second-order valence-electron chi connectivity index (χ2n) is 6.71. The van der Waals surface area contributed by atoms with E-state index in [2.05, 4.69) is 26.2 Å². The van der Waals surface area contributed by atoms with E-state index in [9.17, 15) is 13.2 Å². The molecule has 3 rings (SSSR count). The molecule has 0 saturated heterocycles. The van der Waals surface area contributed by atoms with Crippen molar-refractivity contribution in [1.82, 2.24) is 4.98 Å². The molecule has 27 heavy (non-hydrogen) atoms. The van der Waals surface area contributed by atoms with Gasteiger partial charge in [-0.15, -0.1) is 0 Å². The average Bonchev–Trinajstić information content (AvgIpc) is 3.12. The Bertz CT molecular complexity index is 966. The van der Waals surface area contributed by atoms with E-state index in [1.54, 1.807) is 36.5 Å². The van der Waals surface area contributed by atoms with Crippen molar-refractivity contribution in [2.75, 3.05) is 11.6 Å². The average molecular weight is 449 g/mol. The lowest BCUT2D eigenvalue weighted by molar-refractivity contribution is -0.111. The summed E-state index contributed by atoms with van der Waals surface area (Å²) in [7, 11) is -3.34. The Morgan fingerprint density at radius 3 is 2.56 bits per heavy atom. The Kier molecular flexibility index (Phi) is 6.11. The number of benzene rings is 1. The number of sulfone groups is 1. The van der Waals surface area contributed by atoms with Gasteiger partial charge in [-0.2, -0.15) is 0 Å². The van der Waals surface area contributed by atoms with E-state index in [4.69, 9.17) is 0 Å². The van der Waals surface area contributed by atoms with Crippen molar-refractivity contribution < 1.29 is 13.2 Å². The molecule has 7 heteroatoms. The van der Waals surface area contributed by atoms with Crippen LogP contribution in [-0.2, 0) is 14.6 Å². The second-order valence-corrected chi connectivity index (χ2v) is 9.55. The van der Waals surface area contributed by atoms with E-state index < -0.39 is 9.84 Å². The van der Waals surface area contributed by atoms with Gasteiger partial charge in [0.25, 0.3) is 5.91 Å². The third-order valence-corrected chi connectivity index (χ3v) is 6.67. The largest absolute Gasteiger partial charge is 0.307 e. The lowest BCUT2D eigenvalue weighted by atomic mass is 9.98. The number of amides is 1. The van der Waals surface area contributed by atoms with Gasteiger partial charge < -0.3 is 5.32 Å². The number of carbonyl (C=O) groups excluding carboxylic acids is 1. The molecule has 0 radical (unpaired) electrons. The van der Waals surface area contributed by atoms with Gasteiger partial charge in [-0.3, -0.25) is 4.79 Å². The summed E-state index contributed by atoms with van der Waals surface area (Å²) < 4.78 is 24.2. The minimum absolute atomic E-state index is 0.205. The molecule has 0 atom stereocenters. The fraction of sp³-hybridized carbons (Fsp3) is 0.300. The summed E-state index contributed by atoms with van der Waals surface area (Å²) in [6, 6.07) is 10.2. The van der Waals surface area contributed by atoms with Crippen LogP contribution in [0.15, 0.2) is 58.0 Å². The number of carbonyl (C=O) groups is 1. The van der Waals surface area contributed by atoms with Gasteiger partial charge in [0.1, 0.15) is 5.82 Å². The van der Waals surface area contributed by atoms with Crippen molar-refractivity contribution in [1.29, 1.82) is 0 Å². The summed E-state index contributed by atoms with van der Waals surface area (Å²) in [4.78, 5) is 17.3. The number of rotatable bonds is 5. The van der Waals surface area contributed by atoms with Crippen LogP contribution >= 0.6 is 15.9 Å². The van der Waals surface area contributed by atoms with Crippen LogP contribution in [0.3, 0.4) is 0 Å². The highest BCUT2D eigenvalue weighted by Gasteiger charge is 2.20. The number of allylic oxidation sites excluding steroid dienone is 1. The number of halogens is 1. The van der Waals surface area contributed by atoms with E-state index in [-0.39, 0.29) is 10.8 Å². The van der Waals surface area contributed by atoms with Crippen molar-refractivity contribution >= 4 is 43.1 Å². The van der Waals surface area contributed by atoms with Gasteiger partial charge in [0.15, 0.2) is 9.84 Å². The Hall–Kier alpha value is -1.99. The predicted molar refractivity (Wildman–Crippen MR) is 110 cm³/mol. The highest BCUT2D eigenvalue weighted by Crippen LogP contribution is 2.32. The molecule has 0 spiro atoms. The molecule has 1 aliphatic carbocycles. The van der Waals surface area contributed by atoms with Crippen LogP contribution in [0.2, 0.25) is 0 Å². The van der Waals surface area contributed by atoms with Crippen LogP contribution in [0, 0.1) is 5.92 Å². The zero-order valence-corrected chi connectivity index (χ0v) is 17.4.